The number of amides is 1. The molecule has 1 aliphatic rings. The van der Waals surface area contributed by atoms with Crippen LogP contribution in [-0.2, 0) is 9.47 Å². The summed E-state index contributed by atoms with van der Waals surface area (Å²) >= 11 is 0. The number of ether oxygens (including phenoxy) is 2. The second-order valence-electron chi connectivity index (χ2n) is 3.25. The summed E-state index contributed by atoms with van der Waals surface area (Å²) in [4.78, 5) is 11.0. The molecule has 0 aromatic carbocycles. The van der Waals surface area contributed by atoms with Crippen LogP contribution in [0.15, 0.2) is 0 Å². The average molecular weight is 203 g/mol. The van der Waals surface area contributed by atoms with Gasteiger partial charge in [-0.3, -0.25) is 0 Å². The molecule has 1 aliphatic carbocycles. The van der Waals surface area contributed by atoms with Crippen molar-refractivity contribution in [3.63, 3.8) is 0 Å². The molecule has 1 rings (SSSR count). The molecule has 0 aliphatic heterocycles. The van der Waals surface area contributed by atoms with E-state index >= 15 is 0 Å². The molecule has 1 saturated carbocycles. The highest BCUT2D eigenvalue weighted by atomic mass is 16.6. The van der Waals surface area contributed by atoms with Crippen molar-refractivity contribution >= 4 is 6.09 Å². The van der Waals surface area contributed by atoms with Crippen molar-refractivity contribution in [1.82, 2.24) is 5.32 Å². The number of aliphatic hydroxyl groups is 1. The van der Waals surface area contributed by atoms with E-state index in [9.17, 15) is 4.79 Å². The van der Waals surface area contributed by atoms with Crippen LogP contribution < -0.4 is 5.32 Å². The van der Waals surface area contributed by atoms with Gasteiger partial charge in [0.2, 0.25) is 0 Å². The highest BCUT2D eigenvalue weighted by molar-refractivity contribution is 5.67. The van der Waals surface area contributed by atoms with Crippen molar-refractivity contribution in [3.8, 4) is 0 Å². The lowest BCUT2D eigenvalue weighted by atomic mass is 9.89. The molecule has 5 heteroatoms. The first-order valence-electron chi connectivity index (χ1n) is 4.92. The maximum Gasteiger partial charge on any atom is 0.407 e. The van der Waals surface area contributed by atoms with Gasteiger partial charge in [0.05, 0.1) is 12.7 Å². The summed E-state index contributed by atoms with van der Waals surface area (Å²) in [6.07, 6.45) is 1.52. The van der Waals surface area contributed by atoms with Crippen LogP contribution in [0.25, 0.3) is 0 Å². The van der Waals surface area contributed by atoms with E-state index in [0.29, 0.717) is 6.61 Å². The monoisotopic (exact) mass is 203 g/mol. The molecule has 5 nitrogen and oxygen atoms in total. The Hall–Kier alpha value is -0.810. The lowest BCUT2D eigenvalue weighted by Gasteiger charge is -2.34. The Bertz CT molecular complexity index is 180. The van der Waals surface area contributed by atoms with Crippen LogP contribution in [0.2, 0.25) is 0 Å². The van der Waals surface area contributed by atoms with Crippen molar-refractivity contribution in [2.24, 2.45) is 0 Å². The van der Waals surface area contributed by atoms with Crippen LogP contribution in [0.3, 0.4) is 0 Å². The van der Waals surface area contributed by atoms with E-state index in [1.54, 1.807) is 0 Å². The van der Waals surface area contributed by atoms with Crippen molar-refractivity contribution in [1.29, 1.82) is 0 Å². The fraction of sp³-hybridized carbons (Fsp3) is 0.889. The number of alkyl carbamates (subject to hydrolysis) is 1. The first-order valence-corrected chi connectivity index (χ1v) is 4.92. The van der Waals surface area contributed by atoms with Gasteiger partial charge < -0.3 is 19.9 Å². The zero-order valence-corrected chi connectivity index (χ0v) is 8.36. The summed E-state index contributed by atoms with van der Waals surface area (Å²) in [5.74, 6) is 0. The summed E-state index contributed by atoms with van der Waals surface area (Å²) in [7, 11) is 0. The zero-order chi connectivity index (χ0) is 10.4. The lowest BCUT2D eigenvalue weighted by molar-refractivity contribution is -0.0101. The fourth-order valence-corrected chi connectivity index (χ4v) is 1.40. The second-order valence-corrected chi connectivity index (χ2v) is 3.25. The van der Waals surface area contributed by atoms with Crippen LogP contribution >= 0.6 is 0 Å². The summed E-state index contributed by atoms with van der Waals surface area (Å²) < 4.78 is 9.99. The number of nitrogens with one attached hydrogen (secondary N) is 1. The summed E-state index contributed by atoms with van der Waals surface area (Å²) in [6.45, 7) is 2.58. The number of hydrogen-bond acceptors (Lipinski definition) is 4. The number of rotatable bonds is 5. The molecule has 0 atom stereocenters. The van der Waals surface area contributed by atoms with Crippen molar-refractivity contribution in [2.45, 2.75) is 31.9 Å². The molecule has 0 aromatic rings. The summed E-state index contributed by atoms with van der Waals surface area (Å²) in [6, 6.07) is 0.165. The van der Waals surface area contributed by atoms with E-state index in [2.05, 4.69) is 10.1 Å². The third-order valence-corrected chi connectivity index (χ3v) is 2.14. The van der Waals surface area contributed by atoms with Crippen LogP contribution in [-0.4, -0.2) is 43.2 Å². The molecule has 0 aromatic heterocycles. The minimum Gasteiger partial charge on any atom is -0.447 e. The van der Waals surface area contributed by atoms with Gasteiger partial charge in [-0.05, 0) is 19.8 Å². The van der Waals surface area contributed by atoms with Crippen LogP contribution in [0.1, 0.15) is 19.8 Å². The third kappa shape index (κ3) is 3.51. The molecule has 1 fully saturated rings. The van der Waals surface area contributed by atoms with E-state index in [0.717, 1.165) is 12.8 Å². The van der Waals surface area contributed by atoms with Gasteiger partial charge in [0.15, 0.2) is 0 Å². The molecule has 0 heterocycles. The number of carbonyl (C=O) groups excluding carboxylic acids is 1. The molecule has 0 spiro atoms. The van der Waals surface area contributed by atoms with E-state index in [-0.39, 0.29) is 25.4 Å². The molecular formula is C9H17NO4. The quantitative estimate of drug-likeness (QED) is 0.673. The maximum absolute atomic E-state index is 11.0. The van der Waals surface area contributed by atoms with Crippen LogP contribution in [0.4, 0.5) is 4.79 Å². The van der Waals surface area contributed by atoms with E-state index in [4.69, 9.17) is 9.84 Å². The highest BCUT2D eigenvalue weighted by Crippen LogP contribution is 2.23. The molecule has 0 saturated heterocycles. The number of carbonyl (C=O) groups is 1. The normalized spacial score (nSPS) is 25.3. The van der Waals surface area contributed by atoms with Gasteiger partial charge in [0.1, 0.15) is 6.61 Å². The minimum absolute atomic E-state index is 0.0490. The van der Waals surface area contributed by atoms with Gasteiger partial charge in [0, 0.05) is 12.6 Å². The standard InChI is InChI=1S/C9H17NO4/c1-2-13-8-5-7(6-8)10-9(12)14-4-3-11/h7-8,11H,2-6H2,1H3,(H,10,12). The highest BCUT2D eigenvalue weighted by Gasteiger charge is 2.30. The predicted molar refractivity (Wildman–Crippen MR) is 50.0 cm³/mol. The van der Waals surface area contributed by atoms with Crippen molar-refractivity contribution in [2.75, 3.05) is 19.8 Å². The number of aliphatic hydroxyl groups excluding tert-OH is 1. The predicted octanol–water partition coefficient (Wildman–Crippen LogP) is 0.272. The Kier molecular flexibility index (Phi) is 4.69. The topological polar surface area (TPSA) is 67.8 Å². The second kappa shape index (κ2) is 5.82. The first kappa shape index (κ1) is 11.3. The third-order valence-electron chi connectivity index (χ3n) is 2.14. The van der Waals surface area contributed by atoms with Crippen molar-refractivity contribution in [3.05, 3.63) is 0 Å². The van der Waals surface area contributed by atoms with Gasteiger partial charge in [-0.1, -0.05) is 0 Å². The largest absolute Gasteiger partial charge is 0.447 e. The molecule has 1 amide bonds. The Labute approximate surface area is 83.4 Å². The molecule has 14 heavy (non-hydrogen) atoms. The lowest BCUT2D eigenvalue weighted by Crippen LogP contribution is -2.48. The van der Waals surface area contributed by atoms with E-state index in [1.807, 2.05) is 6.92 Å². The van der Waals surface area contributed by atoms with Gasteiger partial charge >= 0.3 is 6.09 Å². The summed E-state index contributed by atoms with van der Waals surface area (Å²) in [5, 5.41) is 11.1. The maximum atomic E-state index is 11.0. The van der Waals surface area contributed by atoms with Gasteiger partial charge in [-0.25, -0.2) is 4.79 Å². The summed E-state index contributed by atoms with van der Waals surface area (Å²) in [5.41, 5.74) is 0. The van der Waals surface area contributed by atoms with Gasteiger partial charge in [-0.2, -0.15) is 0 Å². The molecule has 2 N–H and O–H groups in total. The molecule has 0 radical (unpaired) electrons. The Balaban J connectivity index is 2.01. The average Bonchev–Trinajstić information content (AvgIpc) is 2.11. The van der Waals surface area contributed by atoms with Crippen LogP contribution in [0.5, 0.6) is 0 Å². The Morgan fingerprint density at radius 1 is 1.57 bits per heavy atom. The molecular weight excluding hydrogens is 186 g/mol. The number of hydrogen-bond donors (Lipinski definition) is 2. The Morgan fingerprint density at radius 3 is 2.86 bits per heavy atom. The van der Waals surface area contributed by atoms with Crippen molar-refractivity contribution < 1.29 is 19.4 Å². The van der Waals surface area contributed by atoms with E-state index in [1.165, 1.54) is 0 Å². The van der Waals surface area contributed by atoms with Crippen LogP contribution in [0, 0.1) is 0 Å². The molecule has 0 bridgehead atoms. The SMILES string of the molecule is CCOC1CC(NC(=O)OCCO)C1. The smallest absolute Gasteiger partial charge is 0.407 e. The molecule has 0 unspecified atom stereocenters. The Morgan fingerprint density at radius 2 is 2.29 bits per heavy atom. The van der Waals surface area contributed by atoms with Gasteiger partial charge in [-0.15, -0.1) is 0 Å². The minimum atomic E-state index is -0.459. The van der Waals surface area contributed by atoms with Gasteiger partial charge in [0.25, 0.3) is 0 Å². The van der Waals surface area contributed by atoms with E-state index < -0.39 is 6.09 Å². The fourth-order valence-electron chi connectivity index (χ4n) is 1.40. The molecule has 82 valence electrons. The zero-order valence-electron chi connectivity index (χ0n) is 8.36. The first-order chi connectivity index (χ1) is 6.76.